The maximum atomic E-state index is 4.78. The molecule has 0 fully saturated rings. The Morgan fingerprint density at radius 3 is 3.00 bits per heavy atom. The largest absolute Gasteiger partial charge is 0.342 e. The molecule has 0 bridgehead atoms. The first-order valence-corrected chi connectivity index (χ1v) is 3.15. The Labute approximate surface area is 83.0 Å². The van der Waals surface area contributed by atoms with Gasteiger partial charge in [-0.15, -0.1) is 0 Å². The number of rotatable bonds is 0. The van der Waals surface area contributed by atoms with Crippen LogP contribution in [0.4, 0.5) is 0 Å². The summed E-state index contributed by atoms with van der Waals surface area (Å²) in [7, 11) is 0. The van der Waals surface area contributed by atoms with Crippen LogP contribution in [0.2, 0.25) is 0 Å². The van der Waals surface area contributed by atoms with Crippen molar-refractivity contribution in [2.24, 2.45) is 0 Å². The third-order valence-corrected chi connectivity index (χ3v) is 1.41. The van der Waals surface area contributed by atoms with Gasteiger partial charge in [-0.25, -0.2) is 9.97 Å². The Balaban J connectivity index is 0.000000605. The van der Waals surface area contributed by atoms with Crippen molar-refractivity contribution < 1.29 is 22.4 Å². The molecule has 2 aromatic rings. The van der Waals surface area contributed by atoms with Gasteiger partial charge in [0.2, 0.25) is 0 Å². The summed E-state index contributed by atoms with van der Waals surface area (Å²) in [5.74, 6) is 0. The predicted octanol–water partition coefficient (Wildman–Crippen LogP) is 1.01. The smallest absolute Gasteiger partial charge is 0.198 e. The van der Waals surface area contributed by atoms with Crippen LogP contribution in [0.5, 0.6) is 0 Å². The third-order valence-electron chi connectivity index (χ3n) is 1.21. The first kappa shape index (κ1) is 8.61. The summed E-state index contributed by atoms with van der Waals surface area (Å²) in [5.41, 5.74) is 1.62. The van der Waals surface area contributed by atoms with E-state index in [0.29, 0.717) is 4.77 Å². The fourth-order valence-corrected chi connectivity index (χ4v) is 0.908. The van der Waals surface area contributed by atoms with Gasteiger partial charge in [-0.2, -0.15) is 0 Å². The van der Waals surface area contributed by atoms with E-state index in [2.05, 4.69) is 19.9 Å². The third kappa shape index (κ3) is 1.57. The maximum absolute atomic E-state index is 4.78. The zero-order valence-corrected chi connectivity index (χ0v) is 8.24. The number of aromatic amines is 2. The van der Waals surface area contributed by atoms with Gasteiger partial charge >= 0.3 is 0 Å². The molecule has 0 atom stereocenters. The van der Waals surface area contributed by atoms with Crippen LogP contribution in [0.25, 0.3) is 11.2 Å². The molecule has 0 aliphatic carbocycles. The second-order valence-corrected chi connectivity index (χ2v) is 2.24. The van der Waals surface area contributed by atoms with Crippen molar-refractivity contribution in [1.82, 2.24) is 19.9 Å². The molecule has 1 radical (unpaired) electrons. The molecular weight excluding hydrogens is 345 g/mol. The molecule has 2 N–H and O–H groups in total. The number of aromatic nitrogens is 4. The molecule has 0 aromatic carbocycles. The molecule has 4 nitrogen and oxygen atoms in total. The van der Waals surface area contributed by atoms with Crippen molar-refractivity contribution in [2.75, 3.05) is 0 Å². The van der Waals surface area contributed by atoms with Gasteiger partial charge in [0.1, 0.15) is 5.52 Å². The van der Waals surface area contributed by atoms with E-state index in [1.165, 1.54) is 0 Å². The number of hydrogen-bond acceptors (Lipinski definition) is 3. The summed E-state index contributed by atoms with van der Waals surface area (Å²) in [6.45, 7) is 0. The monoisotopic (exact) mass is 349 g/mol. The molecule has 61 valence electrons. The van der Waals surface area contributed by atoms with E-state index in [9.17, 15) is 0 Å². The average Bonchev–Trinajstić information content (AvgIpc) is 2.33. The standard InChI is InChI=1S/C5H4N4S.Au/c10-5-6-1-3-4(9-5)8-2-7-3;/h1-2H,(H2,6,7,8,9,10);. The summed E-state index contributed by atoms with van der Waals surface area (Å²) < 4.78 is 0.458. The van der Waals surface area contributed by atoms with Gasteiger partial charge in [-0.05, 0) is 12.2 Å². The topological polar surface area (TPSA) is 57.4 Å². The van der Waals surface area contributed by atoms with Crippen LogP contribution < -0.4 is 0 Å². The van der Waals surface area contributed by atoms with Crippen molar-refractivity contribution in [1.29, 1.82) is 0 Å². The van der Waals surface area contributed by atoms with Crippen molar-refractivity contribution in [3.05, 3.63) is 17.3 Å². The summed E-state index contributed by atoms with van der Waals surface area (Å²) >= 11 is 4.78. The fourth-order valence-electron chi connectivity index (χ4n) is 0.759. The van der Waals surface area contributed by atoms with Gasteiger partial charge in [0, 0.05) is 22.4 Å². The molecule has 0 saturated heterocycles. The molecule has 0 unspecified atom stereocenters. The molecule has 2 aromatic heterocycles. The molecule has 2 heterocycles. The van der Waals surface area contributed by atoms with Gasteiger partial charge in [0.05, 0.1) is 12.5 Å². The molecule has 2 rings (SSSR count). The average molecular weight is 349 g/mol. The van der Waals surface area contributed by atoms with Gasteiger partial charge in [0.15, 0.2) is 10.4 Å². The molecule has 0 saturated carbocycles. The summed E-state index contributed by atoms with van der Waals surface area (Å²) in [6, 6.07) is 0. The van der Waals surface area contributed by atoms with E-state index in [4.69, 9.17) is 12.2 Å². The quantitative estimate of drug-likeness (QED) is 0.552. The van der Waals surface area contributed by atoms with Crippen molar-refractivity contribution >= 4 is 23.4 Å². The van der Waals surface area contributed by atoms with Crippen LogP contribution in [-0.2, 0) is 22.4 Å². The zero-order valence-electron chi connectivity index (χ0n) is 5.26. The van der Waals surface area contributed by atoms with Gasteiger partial charge in [-0.3, -0.25) is 0 Å². The Hall–Kier alpha value is -0.490. The van der Waals surface area contributed by atoms with Crippen LogP contribution in [-0.4, -0.2) is 19.9 Å². The van der Waals surface area contributed by atoms with Crippen LogP contribution >= 0.6 is 12.2 Å². The summed E-state index contributed by atoms with van der Waals surface area (Å²) in [5, 5.41) is 0. The summed E-state index contributed by atoms with van der Waals surface area (Å²) in [6.07, 6.45) is 3.25. The van der Waals surface area contributed by atoms with E-state index < -0.39 is 0 Å². The van der Waals surface area contributed by atoms with Crippen molar-refractivity contribution in [3.63, 3.8) is 0 Å². The Kier molecular flexibility index (Phi) is 2.56. The van der Waals surface area contributed by atoms with E-state index >= 15 is 0 Å². The number of hydrogen-bond donors (Lipinski definition) is 2. The molecular formula is C5H4AuN4S. The zero-order chi connectivity index (χ0) is 6.97. The predicted molar refractivity (Wildman–Crippen MR) is 39.1 cm³/mol. The SMILES string of the molecule is S=c1ncc2[nH]cnc2[nH]1.[Au]. The number of nitrogens with one attached hydrogen (secondary N) is 2. The second kappa shape index (κ2) is 3.27. The molecule has 0 aliphatic rings. The Morgan fingerprint density at radius 2 is 2.18 bits per heavy atom. The number of nitrogens with zero attached hydrogens (tertiary/aromatic N) is 2. The number of H-pyrrole nitrogens is 2. The van der Waals surface area contributed by atoms with Crippen LogP contribution in [0.15, 0.2) is 12.5 Å². The fraction of sp³-hybridized carbons (Fsp3) is 0. The molecule has 0 spiro atoms. The van der Waals surface area contributed by atoms with Gasteiger partial charge in [-0.1, -0.05) is 0 Å². The molecule has 0 amide bonds. The van der Waals surface area contributed by atoms with Crippen molar-refractivity contribution in [3.8, 4) is 0 Å². The van der Waals surface area contributed by atoms with E-state index in [-0.39, 0.29) is 22.4 Å². The maximum Gasteiger partial charge on any atom is 0.198 e. The van der Waals surface area contributed by atoms with E-state index in [1.807, 2.05) is 0 Å². The van der Waals surface area contributed by atoms with Crippen LogP contribution in [0.1, 0.15) is 0 Å². The summed E-state index contributed by atoms with van der Waals surface area (Å²) in [4.78, 5) is 13.6. The van der Waals surface area contributed by atoms with E-state index in [1.54, 1.807) is 12.5 Å². The number of fused-ring (bicyclic) bond motifs is 1. The molecule has 11 heavy (non-hydrogen) atoms. The van der Waals surface area contributed by atoms with Gasteiger partial charge in [0.25, 0.3) is 0 Å². The van der Waals surface area contributed by atoms with Gasteiger partial charge < -0.3 is 9.97 Å². The van der Waals surface area contributed by atoms with Crippen molar-refractivity contribution in [2.45, 2.75) is 0 Å². The normalized spacial score (nSPS) is 9.45. The number of imidazole rings is 1. The molecule has 0 aliphatic heterocycles. The Morgan fingerprint density at radius 1 is 1.36 bits per heavy atom. The first-order chi connectivity index (χ1) is 4.86. The minimum absolute atomic E-state index is 0. The Bertz CT molecular complexity index is 406. The minimum atomic E-state index is 0. The van der Waals surface area contributed by atoms with E-state index in [0.717, 1.165) is 11.2 Å². The second-order valence-electron chi connectivity index (χ2n) is 1.85. The van der Waals surface area contributed by atoms with Crippen LogP contribution in [0.3, 0.4) is 0 Å². The minimum Gasteiger partial charge on any atom is -0.342 e. The first-order valence-electron chi connectivity index (χ1n) is 2.75. The van der Waals surface area contributed by atoms with Crippen LogP contribution in [0, 0.1) is 4.77 Å². The molecule has 6 heteroatoms.